The Labute approximate surface area is 172 Å². The molecule has 28 heavy (non-hydrogen) atoms. The van der Waals surface area contributed by atoms with E-state index in [0.717, 1.165) is 29.5 Å². The summed E-state index contributed by atoms with van der Waals surface area (Å²) in [4.78, 5) is 25.4. The van der Waals surface area contributed by atoms with Crippen molar-refractivity contribution < 1.29 is 19.1 Å². The molecule has 1 aromatic rings. The van der Waals surface area contributed by atoms with Crippen molar-refractivity contribution in [3.63, 3.8) is 0 Å². The Kier molecular flexibility index (Phi) is 8.10. The largest absolute Gasteiger partial charge is 0.469 e. The van der Waals surface area contributed by atoms with Gasteiger partial charge in [-0.05, 0) is 69.7 Å². The zero-order valence-electron chi connectivity index (χ0n) is 17.2. The fourth-order valence-electron chi connectivity index (χ4n) is 4.07. The standard InChI is InChI=1S/C23H29ClO4/c1-5-7-17-12-16(3)20(21(24)13-17)14-18(25)15-23(22(26)27-4)10-8-19(9-11-23)28-6-2/h12-13,19H,6,8-11,14-15H2,1-4H3. The normalized spacial score (nSPS) is 21.5. The Morgan fingerprint density at radius 3 is 2.50 bits per heavy atom. The van der Waals surface area contributed by atoms with Gasteiger partial charge in [-0.3, -0.25) is 9.59 Å². The van der Waals surface area contributed by atoms with Crippen molar-refractivity contribution in [1.82, 2.24) is 0 Å². The van der Waals surface area contributed by atoms with E-state index >= 15 is 0 Å². The number of rotatable bonds is 7. The molecule has 0 radical (unpaired) electrons. The maximum atomic E-state index is 12.9. The molecule has 0 N–H and O–H groups in total. The summed E-state index contributed by atoms with van der Waals surface area (Å²) in [5.74, 6) is 5.54. The quantitative estimate of drug-likeness (QED) is 0.490. The fraction of sp³-hybridized carbons (Fsp3) is 0.565. The summed E-state index contributed by atoms with van der Waals surface area (Å²) in [6.45, 7) is 6.33. The number of carbonyl (C=O) groups is 2. The van der Waals surface area contributed by atoms with Gasteiger partial charge < -0.3 is 9.47 Å². The van der Waals surface area contributed by atoms with Gasteiger partial charge in [-0.15, -0.1) is 5.92 Å². The summed E-state index contributed by atoms with van der Waals surface area (Å²) in [6.07, 6.45) is 3.27. The molecule has 1 aliphatic carbocycles. The first-order valence-corrected chi connectivity index (χ1v) is 10.2. The van der Waals surface area contributed by atoms with Crippen molar-refractivity contribution in [2.75, 3.05) is 13.7 Å². The van der Waals surface area contributed by atoms with E-state index in [1.807, 2.05) is 19.9 Å². The van der Waals surface area contributed by atoms with Crippen LogP contribution >= 0.6 is 11.6 Å². The minimum Gasteiger partial charge on any atom is -0.469 e. The summed E-state index contributed by atoms with van der Waals surface area (Å²) >= 11 is 6.41. The van der Waals surface area contributed by atoms with E-state index in [4.69, 9.17) is 21.1 Å². The molecule has 0 aromatic heterocycles. The summed E-state index contributed by atoms with van der Waals surface area (Å²) in [5, 5.41) is 0.540. The molecule has 1 aromatic carbocycles. The van der Waals surface area contributed by atoms with Gasteiger partial charge in [-0.1, -0.05) is 17.5 Å². The van der Waals surface area contributed by atoms with Gasteiger partial charge in [0.25, 0.3) is 0 Å². The molecular weight excluding hydrogens is 376 g/mol. The molecule has 1 aliphatic rings. The van der Waals surface area contributed by atoms with Crippen LogP contribution in [0.25, 0.3) is 0 Å². The number of hydrogen-bond donors (Lipinski definition) is 0. The van der Waals surface area contributed by atoms with Crippen LogP contribution in [0.2, 0.25) is 5.02 Å². The molecular formula is C23H29ClO4. The third-order valence-electron chi connectivity index (χ3n) is 5.51. The highest BCUT2D eigenvalue weighted by atomic mass is 35.5. The van der Waals surface area contributed by atoms with Crippen molar-refractivity contribution in [1.29, 1.82) is 0 Å². The fourth-order valence-corrected chi connectivity index (χ4v) is 4.40. The number of halogens is 1. The van der Waals surface area contributed by atoms with Crippen LogP contribution in [0.3, 0.4) is 0 Å². The Bertz CT molecular complexity index is 757. The van der Waals surface area contributed by atoms with Gasteiger partial charge in [0, 0.05) is 30.0 Å². The average molecular weight is 405 g/mol. The first kappa shape index (κ1) is 22.5. The van der Waals surface area contributed by atoms with Crippen molar-refractivity contribution in [2.45, 2.75) is 65.4 Å². The van der Waals surface area contributed by atoms with Crippen LogP contribution < -0.4 is 0 Å². The first-order valence-electron chi connectivity index (χ1n) is 9.78. The predicted molar refractivity (Wildman–Crippen MR) is 110 cm³/mol. The highest BCUT2D eigenvalue weighted by Gasteiger charge is 2.44. The number of hydrogen-bond acceptors (Lipinski definition) is 4. The van der Waals surface area contributed by atoms with E-state index in [1.165, 1.54) is 7.11 Å². The van der Waals surface area contributed by atoms with Gasteiger partial charge in [0.2, 0.25) is 0 Å². The SMILES string of the molecule is CC#Cc1cc(C)c(CC(=O)CC2(C(=O)OC)CCC(OCC)CC2)c(Cl)c1. The van der Waals surface area contributed by atoms with Crippen molar-refractivity contribution in [3.8, 4) is 11.8 Å². The second kappa shape index (κ2) is 10.1. The smallest absolute Gasteiger partial charge is 0.312 e. The van der Waals surface area contributed by atoms with E-state index in [0.29, 0.717) is 24.5 Å². The molecule has 5 heteroatoms. The molecule has 0 aliphatic heterocycles. The topological polar surface area (TPSA) is 52.6 Å². The predicted octanol–water partition coefficient (Wildman–Crippen LogP) is 4.66. The lowest BCUT2D eigenvalue weighted by Gasteiger charge is -2.37. The minimum atomic E-state index is -0.757. The number of methoxy groups -OCH3 is 1. The maximum Gasteiger partial charge on any atom is 0.312 e. The van der Waals surface area contributed by atoms with E-state index in [-0.39, 0.29) is 30.7 Å². The highest BCUT2D eigenvalue weighted by Crippen LogP contribution is 2.42. The summed E-state index contributed by atoms with van der Waals surface area (Å²) < 4.78 is 10.7. The van der Waals surface area contributed by atoms with Gasteiger partial charge in [0.1, 0.15) is 5.78 Å². The third kappa shape index (κ3) is 5.37. The Hall–Kier alpha value is -1.83. The number of ether oxygens (including phenoxy) is 2. The average Bonchev–Trinajstić information content (AvgIpc) is 2.66. The zero-order valence-corrected chi connectivity index (χ0v) is 17.9. The maximum absolute atomic E-state index is 12.9. The Balaban J connectivity index is 2.15. The number of ketones is 1. The van der Waals surface area contributed by atoms with Crippen LogP contribution in [0, 0.1) is 24.2 Å². The summed E-state index contributed by atoms with van der Waals surface area (Å²) in [6, 6.07) is 3.73. The van der Waals surface area contributed by atoms with Crippen LogP contribution in [0.1, 0.15) is 62.6 Å². The second-order valence-electron chi connectivity index (χ2n) is 7.45. The Morgan fingerprint density at radius 1 is 1.29 bits per heavy atom. The number of carbonyl (C=O) groups excluding carboxylic acids is 2. The first-order chi connectivity index (χ1) is 13.3. The number of esters is 1. The van der Waals surface area contributed by atoms with Gasteiger partial charge >= 0.3 is 5.97 Å². The van der Waals surface area contributed by atoms with Crippen LogP contribution in [0.15, 0.2) is 12.1 Å². The van der Waals surface area contributed by atoms with E-state index < -0.39 is 5.41 Å². The van der Waals surface area contributed by atoms with Gasteiger partial charge in [0.05, 0.1) is 18.6 Å². The van der Waals surface area contributed by atoms with Crippen LogP contribution in [-0.4, -0.2) is 31.6 Å². The molecule has 0 atom stereocenters. The van der Waals surface area contributed by atoms with Crippen LogP contribution in [-0.2, 0) is 25.5 Å². The molecule has 152 valence electrons. The molecule has 0 saturated heterocycles. The summed E-state index contributed by atoms with van der Waals surface area (Å²) in [7, 11) is 1.39. The summed E-state index contributed by atoms with van der Waals surface area (Å²) in [5.41, 5.74) is 1.82. The molecule has 0 amide bonds. The Morgan fingerprint density at radius 2 is 1.96 bits per heavy atom. The van der Waals surface area contributed by atoms with Gasteiger partial charge in [0.15, 0.2) is 0 Å². The monoisotopic (exact) mass is 404 g/mol. The van der Waals surface area contributed by atoms with Crippen molar-refractivity contribution >= 4 is 23.4 Å². The number of aryl methyl sites for hydroxylation is 1. The van der Waals surface area contributed by atoms with Gasteiger partial charge in [-0.25, -0.2) is 0 Å². The lowest BCUT2D eigenvalue weighted by molar-refractivity contribution is -0.159. The lowest BCUT2D eigenvalue weighted by atomic mass is 9.69. The molecule has 4 nitrogen and oxygen atoms in total. The second-order valence-corrected chi connectivity index (χ2v) is 7.85. The molecule has 0 bridgehead atoms. The van der Waals surface area contributed by atoms with E-state index in [1.54, 1.807) is 13.0 Å². The molecule has 0 spiro atoms. The minimum absolute atomic E-state index is 0.000384. The molecule has 1 fully saturated rings. The zero-order chi connectivity index (χ0) is 20.7. The van der Waals surface area contributed by atoms with Crippen LogP contribution in [0.4, 0.5) is 0 Å². The highest BCUT2D eigenvalue weighted by molar-refractivity contribution is 6.31. The number of benzene rings is 1. The third-order valence-corrected chi connectivity index (χ3v) is 5.85. The van der Waals surface area contributed by atoms with E-state index in [2.05, 4.69) is 11.8 Å². The van der Waals surface area contributed by atoms with Crippen molar-refractivity contribution in [3.05, 3.63) is 33.8 Å². The van der Waals surface area contributed by atoms with Gasteiger partial charge in [-0.2, -0.15) is 0 Å². The molecule has 0 heterocycles. The lowest BCUT2D eigenvalue weighted by Crippen LogP contribution is -2.40. The van der Waals surface area contributed by atoms with Crippen molar-refractivity contribution in [2.24, 2.45) is 5.41 Å². The van der Waals surface area contributed by atoms with Crippen LogP contribution in [0.5, 0.6) is 0 Å². The van der Waals surface area contributed by atoms with E-state index in [9.17, 15) is 9.59 Å². The molecule has 0 unspecified atom stereocenters. The number of Topliss-reactive ketones (excluding diaryl/α,β-unsaturated/α-hetero) is 1. The molecule has 1 saturated carbocycles. The molecule has 2 rings (SSSR count).